The van der Waals surface area contributed by atoms with E-state index in [4.69, 9.17) is 0 Å². The Labute approximate surface area is 200 Å². The fourth-order valence-electron chi connectivity index (χ4n) is 5.51. The number of pyridine rings is 1. The molecule has 5 rings (SSSR count). The van der Waals surface area contributed by atoms with E-state index in [0.29, 0.717) is 18.7 Å². The van der Waals surface area contributed by atoms with Gasteiger partial charge in [0.25, 0.3) is 5.91 Å². The Hall–Kier alpha value is -3.17. The molecule has 2 amide bonds. The van der Waals surface area contributed by atoms with E-state index in [1.807, 2.05) is 5.32 Å². The number of aromatic nitrogens is 1. The molecule has 10 heteroatoms. The summed E-state index contributed by atoms with van der Waals surface area (Å²) in [6.07, 6.45) is 1.63. The number of amides is 2. The molecule has 1 aromatic carbocycles. The fraction of sp³-hybridized carbons (Fsp3) is 0.480. The minimum Gasteiger partial charge on any atom is -0.352 e. The number of piperidine rings is 1. The Kier molecular flexibility index (Phi) is 5.93. The van der Waals surface area contributed by atoms with Gasteiger partial charge in [0, 0.05) is 24.3 Å². The van der Waals surface area contributed by atoms with Crippen LogP contribution in [0.4, 0.5) is 23.4 Å². The zero-order valence-corrected chi connectivity index (χ0v) is 18.9. The SMILES string of the molecule is O=C(NCC(F)(F)F)c1ccc(N2[C@@H]3CC[C@H]2CC(NC(=O)C2(c4cccc(F)c4)CC2)C3)nc1. The van der Waals surface area contributed by atoms with Gasteiger partial charge in [0.05, 0.1) is 11.0 Å². The number of halogens is 4. The molecule has 2 N–H and O–H groups in total. The molecular formula is C25H26F4N4O2. The predicted octanol–water partition coefficient (Wildman–Crippen LogP) is 3.86. The topological polar surface area (TPSA) is 74.3 Å². The van der Waals surface area contributed by atoms with Crippen LogP contribution in [0, 0.1) is 5.82 Å². The molecule has 1 unspecified atom stereocenters. The van der Waals surface area contributed by atoms with Gasteiger partial charge in [0.1, 0.15) is 18.2 Å². The van der Waals surface area contributed by atoms with Crippen molar-refractivity contribution in [2.45, 2.75) is 68.2 Å². The van der Waals surface area contributed by atoms with Crippen molar-refractivity contribution in [3.05, 3.63) is 59.5 Å². The Morgan fingerprint density at radius 2 is 1.80 bits per heavy atom. The lowest BCUT2D eigenvalue weighted by atomic mass is 9.92. The average molecular weight is 491 g/mol. The number of hydrogen-bond donors (Lipinski definition) is 2. The molecular weight excluding hydrogens is 464 g/mol. The molecule has 2 saturated heterocycles. The smallest absolute Gasteiger partial charge is 0.352 e. The first-order valence-corrected chi connectivity index (χ1v) is 11.8. The quantitative estimate of drug-likeness (QED) is 0.604. The minimum atomic E-state index is -4.47. The van der Waals surface area contributed by atoms with E-state index < -0.39 is 24.0 Å². The number of carbonyl (C=O) groups is 2. The van der Waals surface area contributed by atoms with Gasteiger partial charge in [-0.1, -0.05) is 12.1 Å². The monoisotopic (exact) mass is 490 g/mol. The van der Waals surface area contributed by atoms with Crippen LogP contribution in [0.1, 0.15) is 54.4 Å². The Morgan fingerprint density at radius 1 is 1.09 bits per heavy atom. The average Bonchev–Trinajstić information content (AvgIpc) is 3.58. The molecule has 6 nitrogen and oxygen atoms in total. The molecule has 3 atom stereocenters. The van der Waals surface area contributed by atoms with Crippen molar-refractivity contribution in [3.63, 3.8) is 0 Å². The van der Waals surface area contributed by atoms with Gasteiger partial charge >= 0.3 is 6.18 Å². The summed E-state index contributed by atoms with van der Waals surface area (Å²) in [6, 6.07) is 9.75. The zero-order chi connectivity index (χ0) is 24.8. The van der Waals surface area contributed by atoms with Crippen LogP contribution in [0.25, 0.3) is 0 Å². The summed E-state index contributed by atoms with van der Waals surface area (Å²) in [7, 11) is 0. The molecule has 2 bridgehead atoms. The second-order valence-corrected chi connectivity index (χ2v) is 9.73. The second kappa shape index (κ2) is 8.80. The van der Waals surface area contributed by atoms with Gasteiger partial charge in [0.2, 0.25) is 5.91 Å². The lowest BCUT2D eigenvalue weighted by Gasteiger charge is -2.40. The van der Waals surface area contributed by atoms with Crippen LogP contribution in [0.5, 0.6) is 0 Å². The Bertz CT molecular complexity index is 1100. The second-order valence-electron chi connectivity index (χ2n) is 9.73. The van der Waals surface area contributed by atoms with Crippen molar-refractivity contribution < 1.29 is 27.2 Å². The number of rotatable bonds is 6. The normalized spacial score (nSPS) is 24.7. The third-order valence-corrected chi connectivity index (χ3v) is 7.35. The van der Waals surface area contributed by atoms with Crippen LogP contribution < -0.4 is 15.5 Å². The highest BCUT2D eigenvalue weighted by Crippen LogP contribution is 2.49. The summed E-state index contributed by atoms with van der Waals surface area (Å²) in [5, 5.41) is 5.05. The number of hydrogen-bond acceptors (Lipinski definition) is 4. The molecule has 0 spiro atoms. The Balaban J connectivity index is 1.21. The molecule has 3 aliphatic rings. The van der Waals surface area contributed by atoms with Gasteiger partial charge in [-0.3, -0.25) is 9.59 Å². The minimum absolute atomic E-state index is 0.00898. The highest BCUT2D eigenvalue weighted by Gasteiger charge is 2.52. The van der Waals surface area contributed by atoms with Gasteiger partial charge in [-0.15, -0.1) is 0 Å². The largest absolute Gasteiger partial charge is 0.405 e. The predicted molar refractivity (Wildman–Crippen MR) is 120 cm³/mol. The summed E-state index contributed by atoms with van der Waals surface area (Å²) in [5.41, 5.74) is 0.154. The first kappa shape index (κ1) is 23.6. The van der Waals surface area contributed by atoms with E-state index >= 15 is 0 Å². The van der Waals surface area contributed by atoms with Gasteiger partial charge in [-0.05, 0) is 68.4 Å². The molecule has 2 aromatic rings. The Morgan fingerprint density at radius 3 is 2.37 bits per heavy atom. The highest BCUT2D eigenvalue weighted by molar-refractivity contribution is 5.94. The van der Waals surface area contributed by atoms with Crippen LogP contribution in [0.2, 0.25) is 0 Å². The third kappa shape index (κ3) is 4.83. The molecule has 35 heavy (non-hydrogen) atoms. The van der Waals surface area contributed by atoms with E-state index in [1.54, 1.807) is 18.2 Å². The first-order valence-electron chi connectivity index (χ1n) is 11.8. The first-order chi connectivity index (χ1) is 16.6. The molecule has 0 radical (unpaired) electrons. The number of fused-ring (bicyclic) bond motifs is 2. The molecule has 186 valence electrons. The van der Waals surface area contributed by atoms with E-state index in [1.165, 1.54) is 24.4 Å². The summed E-state index contributed by atoms with van der Waals surface area (Å²) in [6.45, 7) is -1.39. The number of benzene rings is 1. The third-order valence-electron chi connectivity index (χ3n) is 7.35. The lowest BCUT2D eigenvalue weighted by Crippen LogP contribution is -2.52. The van der Waals surface area contributed by atoms with E-state index in [2.05, 4.69) is 15.2 Å². The van der Waals surface area contributed by atoms with Crippen molar-refractivity contribution in [2.24, 2.45) is 0 Å². The lowest BCUT2D eigenvalue weighted by molar-refractivity contribution is -0.124. The van der Waals surface area contributed by atoms with Gasteiger partial charge in [-0.25, -0.2) is 9.37 Å². The van der Waals surface area contributed by atoms with Crippen molar-refractivity contribution in [1.29, 1.82) is 0 Å². The zero-order valence-electron chi connectivity index (χ0n) is 18.9. The van der Waals surface area contributed by atoms with Crippen LogP contribution in [0.3, 0.4) is 0 Å². The number of carbonyl (C=O) groups excluding carboxylic acids is 2. The summed E-state index contributed by atoms with van der Waals surface area (Å²) in [5.74, 6) is -0.538. The molecule has 1 saturated carbocycles. The van der Waals surface area contributed by atoms with E-state index in [-0.39, 0.29) is 35.4 Å². The summed E-state index contributed by atoms with van der Waals surface area (Å²) in [4.78, 5) is 31.6. The summed E-state index contributed by atoms with van der Waals surface area (Å²) >= 11 is 0. The van der Waals surface area contributed by atoms with Crippen LogP contribution in [-0.2, 0) is 10.2 Å². The van der Waals surface area contributed by atoms with E-state index in [9.17, 15) is 27.2 Å². The standard InChI is InChI=1S/C25H26F4N4O2/c26-17-3-1-2-16(10-17)24(8-9-24)23(35)32-18-11-19-5-6-20(12-18)33(19)21-7-4-15(13-30-21)22(34)31-14-25(27,28)29/h1-4,7,10,13,18-20H,5-6,8-9,11-12,14H2,(H,31,34)(H,32,35)/t18?,19-,20+. The molecule has 2 aliphatic heterocycles. The highest BCUT2D eigenvalue weighted by atomic mass is 19.4. The van der Waals surface area contributed by atoms with Crippen LogP contribution in [0.15, 0.2) is 42.6 Å². The number of alkyl halides is 3. The molecule has 3 fully saturated rings. The van der Waals surface area contributed by atoms with Gasteiger partial charge < -0.3 is 15.5 Å². The van der Waals surface area contributed by atoms with E-state index in [0.717, 1.165) is 31.2 Å². The molecule has 1 aromatic heterocycles. The number of nitrogens with zero attached hydrogens (tertiary/aromatic N) is 2. The molecule has 1 aliphatic carbocycles. The van der Waals surface area contributed by atoms with Crippen molar-refractivity contribution in [1.82, 2.24) is 15.6 Å². The maximum absolute atomic E-state index is 13.7. The number of nitrogens with one attached hydrogen (secondary N) is 2. The molecule has 3 heterocycles. The van der Waals surface area contributed by atoms with Gasteiger partial charge in [0.15, 0.2) is 0 Å². The number of anilines is 1. The van der Waals surface area contributed by atoms with Gasteiger partial charge in [-0.2, -0.15) is 13.2 Å². The van der Waals surface area contributed by atoms with Crippen molar-refractivity contribution in [3.8, 4) is 0 Å². The van der Waals surface area contributed by atoms with Crippen molar-refractivity contribution in [2.75, 3.05) is 11.4 Å². The van der Waals surface area contributed by atoms with Crippen LogP contribution >= 0.6 is 0 Å². The van der Waals surface area contributed by atoms with Crippen molar-refractivity contribution >= 4 is 17.6 Å². The van der Waals surface area contributed by atoms with Crippen LogP contribution in [-0.4, -0.2) is 47.6 Å². The summed E-state index contributed by atoms with van der Waals surface area (Å²) < 4.78 is 50.7. The fourth-order valence-corrected chi connectivity index (χ4v) is 5.51. The maximum atomic E-state index is 13.7. The maximum Gasteiger partial charge on any atom is 0.405 e.